The zero-order valence-corrected chi connectivity index (χ0v) is 24.8. The number of carbonyl (C=O) groups excluding carboxylic acids is 2. The third kappa shape index (κ3) is 6.14. The van der Waals surface area contributed by atoms with Crippen molar-refractivity contribution in [2.75, 3.05) is 5.32 Å². The maximum absolute atomic E-state index is 13.5. The summed E-state index contributed by atoms with van der Waals surface area (Å²) in [6.07, 6.45) is 2.73. The Balaban J connectivity index is 1.29. The number of benzene rings is 2. The van der Waals surface area contributed by atoms with Crippen molar-refractivity contribution in [2.45, 2.75) is 54.4 Å². The smallest absolute Gasteiger partial charge is 0.326 e. The summed E-state index contributed by atoms with van der Waals surface area (Å²) in [7, 11) is -3.91. The van der Waals surface area contributed by atoms with Gasteiger partial charge in [-0.2, -0.15) is 4.31 Å². The molecule has 0 spiro atoms. The SMILES string of the molecule is O=C(Nc1ccc(C[C@H](NC(=O)[C@@H]2C3CCC(CC3)N2S(=O)(=O)c2cccs2)C(=O)O)cc1)c1c(Cl)cccc1Cl. The number of fused-ring (bicyclic) bond motifs is 3. The molecule has 216 valence electrons. The van der Waals surface area contributed by atoms with Gasteiger partial charge in [0.1, 0.15) is 16.3 Å². The molecule has 0 unspecified atom stereocenters. The Bertz CT molecular complexity index is 1540. The summed E-state index contributed by atoms with van der Waals surface area (Å²) in [4.78, 5) is 38.3. The molecule has 1 saturated carbocycles. The predicted molar refractivity (Wildman–Crippen MR) is 157 cm³/mol. The van der Waals surface area contributed by atoms with Crippen LogP contribution < -0.4 is 10.6 Å². The van der Waals surface area contributed by atoms with Crippen LogP contribution in [0.1, 0.15) is 41.6 Å². The third-order valence-corrected chi connectivity index (χ3v) is 11.5. The van der Waals surface area contributed by atoms with E-state index in [2.05, 4.69) is 10.6 Å². The lowest BCUT2D eigenvalue weighted by atomic mass is 9.76. The molecule has 3 fully saturated rings. The standard InChI is InChI=1S/C28H27Cl2N3O6S2/c29-20-3-1-4-21(30)24(20)26(34)31-18-10-6-16(7-11-18)15-22(28(36)37)32-27(35)25-17-8-12-19(13-9-17)33(25)41(38,39)23-5-2-14-40-23/h1-7,10-11,14,17,19,22,25H,8-9,12-13,15H2,(H,31,34)(H,32,35)(H,36,37)/t17?,19?,22-,25-/m0/s1. The number of amides is 2. The molecule has 2 atom stereocenters. The van der Waals surface area contributed by atoms with E-state index in [-0.39, 0.29) is 38.2 Å². The van der Waals surface area contributed by atoms with Crippen molar-refractivity contribution >= 4 is 68.0 Å². The molecule has 3 aromatic rings. The van der Waals surface area contributed by atoms with E-state index in [1.807, 2.05) is 0 Å². The number of rotatable bonds is 9. The minimum Gasteiger partial charge on any atom is -0.480 e. The van der Waals surface area contributed by atoms with Gasteiger partial charge >= 0.3 is 5.97 Å². The maximum atomic E-state index is 13.5. The molecule has 13 heteroatoms. The zero-order chi connectivity index (χ0) is 29.3. The summed E-state index contributed by atoms with van der Waals surface area (Å²) in [6.45, 7) is 0. The molecule has 2 aliphatic heterocycles. The highest BCUT2D eigenvalue weighted by atomic mass is 35.5. The van der Waals surface area contributed by atoms with Crippen molar-refractivity contribution < 1.29 is 27.9 Å². The van der Waals surface area contributed by atoms with Gasteiger partial charge in [0.25, 0.3) is 15.9 Å². The monoisotopic (exact) mass is 635 g/mol. The van der Waals surface area contributed by atoms with Crippen LogP contribution in [0.3, 0.4) is 0 Å². The van der Waals surface area contributed by atoms with Crippen LogP contribution in [0.5, 0.6) is 0 Å². The molecule has 3 aliphatic rings. The van der Waals surface area contributed by atoms with E-state index in [4.69, 9.17) is 23.2 Å². The first-order valence-corrected chi connectivity index (χ1v) is 16.1. The highest BCUT2D eigenvalue weighted by Crippen LogP contribution is 2.43. The van der Waals surface area contributed by atoms with Crippen LogP contribution in [-0.2, 0) is 26.0 Å². The minimum absolute atomic E-state index is 0.0376. The third-order valence-electron chi connectivity index (χ3n) is 7.57. The Morgan fingerprint density at radius 1 is 0.976 bits per heavy atom. The fourth-order valence-corrected chi connectivity index (χ4v) is 9.18. The fourth-order valence-electron chi connectivity index (χ4n) is 5.62. The molecule has 41 heavy (non-hydrogen) atoms. The van der Waals surface area contributed by atoms with Gasteiger partial charge in [0.15, 0.2) is 0 Å². The molecule has 2 saturated heterocycles. The van der Waals surface area contributed by atoms with Gasteiger partial charge in [0, 0.05) is 18.2 Å². The molecule has 2 amide bonds. The number of piperidine rings is 2. The Labute approximate surface area is 251 Å². The molecule has 9 nitrogen and oxygen atoms in total. The molecule has 3 heterocycles. The number of aliphatic carboxylic acids is 1. The van der Waals surface area contributed by atoms with Crippen LogP contribution in [0, 0.1) is 5.92 Å². The molecular weight excluding hydrogens is 609 g/mol. The van der Waals surface area contributed by atoms with Crippen molar-refractivity contribution in [1.82, 2.24) is 9.62 Å². The van der Waals surface area contributed by atoms with E-state index in [0.29, 0.717) is 36.9 Å². The van der Waals surface area contributed by atoms with Crippen LogP contribution in [-0.4, -0.2) is 53.7 Å². The van der Waals surface area contributed by atoms with E-state index in [1.54, 1.807) is 53.9 Å². The Hall–Kier alpha value is -2.96. The lowest BCUT2D eigenvalue weighted by Crippen LogP contribution is -2.63. The van der Waals surface area contributed by atoms with Crippen LogP contribution in [0.4, 0.5) is 5.69 Å². The summed E-state index contributed by atoms with van der Waals surface area (Å²) < 4.78 is 28.5. The van der Waals surface area contributed by atoms with Gasteiger partial charge in [-0.3, -0.25) is 9.59 Å². The number of sulfonamides is 1. The van der Waals surface area contributed by atoms with E-state index in [1.165, 1.54) is 10.4 Å². The Kier molecular flexibility index (Phi) is 8.72. The number of thiophene rings is 1. The normalized spacial score (nSPS) is 21.3. The van der Waals surface area contributed by atoms with E-state index in [0.717, 1.165) is 11.3 Å². The Morgan fingerprint density at radius 2 is 1.63 bits per heavy atom. The number of carbonyl (C=O) groups is 3. The number of carboxylic acid groups (broad SMARTS) is 1. The van der Waals surface area contributed by atoms with Crippen LogP contribution in [0.2, 0.25) is 10.0 Å². The molecule has 2 bridgehead atoms. The number of hydrogen-bond acceptors (Lipinski definition) is 6. The first-order chi connectivity index (χ1) is 19.6. The first-order valence-electron chi connectivity index (χ1n) is 13.0. The van der Waals surface area contributed by atoms with E-state index >= 15 is 0 Å². The van der Waals surface area contributed by atoms with Gasteiger partial charge in [-0.15, -0.1) is 11.3 Å². The lowest BCUT2D eigenvalue weighted by molar-refractivity contribution is -0.143. The topological polar surface area (TPSA) is 133 Å². The summed E-state index contributed by atoms with van der Waals surface area (Å²) >= 11 is 13.3. The number of anilines is 1. The van der Waals surface area contributed by atoms with Crippen LogP contribution in [0.25, 0.3) is 0 Å². The largest absolute Gasteiger partial charge is 0.480 e. The molecule has 1 aromatic heterocycles. The van der Waals surface area contributed by atoms with Crippen LogP contribution >= 0.6 is 34.5 Å². The van der Waals surface area contributed by atoms with Gasteiger partial charge in [0.2, 0.25) is 5.91 Å². The molecule has 0 radical (unpaired) electrons. The highest BCUT2D eigenvalue weighted by molar-refractivity contribution is 7.91. The van der Waals surface area contributed by atoms with Gasteiger partial charge in [-0.1, -0.05) is 47.5 Å². The van der Waals surface area contributed by atoms with Gasteiger partial charge in [0.05, 0.1) is 15.6 Å². The summed E-state index contributed by atoms with van der Waals surface area (Å²) in [5.41, 5.74) is 1.18. The number of nitrogens with one attached hydrogen (secondary N) is 2. The molecule has 3 N–H and O–H groups in total. The summed E-state index contributed by atoms with van der Waals surface area (Å²) in [6, 6.07) is 11.9. The van der Waals surface area contributed by atoms with Crippen LogP contribution in [0.15, 0.2) is 64.2 Å². The van der Waals surface area contributed by atoms with Gasteiger partial charge in [-0.05, 0) is 72.9 Å². The predicted octanol–water partition coefficient (Wildman–Crippen LogP) is 5.05. The zero-order valence-electron chi connectivity index (χ0n) is 21.6. The number of carboxylic acids is 1. The van der Waals surface area contributed by atoms with Crippen molar-refractivity contribution in [3.63, 3.8) is 0 Å². The second kappa shape index (κ2) is 12.1. The number of hydrogen-bond donors (Lipinski definition) is 3. The fraction of sp³-hybridized carbons (Fsp3) is 0.321. The van der Waals surface area contributed by atoms with Crippen molar-refractivity contribution in [2.24, 2.45) is 5.92 Å². The lowest BCUT2D eigenvalue weighted by Gasteiger charge is -2.49. The minimum atomic E-state index is -3.91. The van der Waals surface area contributed by atoms with E-state index < -0.39 is 39.9 Å². The van der Waals surface area contributed by atoms with Crippen molar-refractivity contribution in [3.8, 4) is 0 Å². The molecule has 1 aliphatic carbocycles. The first kappa shape index (κ1) is 29.5. The summed E-state index contributed by atoms with van der Waals surface area (Å²) in [5.74, 6) is -2.52. The maximum Gasteiger partial charge on any atom is 0.326 e. The molecule has 2 aromatic carbocycles. The number of nitrogens with zero attached hydrogens (tertiary/aromatic N) is 1. The van der Waals surface area contributed by atoms with Crippen molar-refractivity contribution in [1.29, 1.82) is 0 Å². The average molecular weight is 637 g/mol. The van der Waals surface area contributed by atoms with Crippen molar-refractivity contribution in [3.05, 3.63) is 81.1 Å². The average Bonchev–Trinajstić information content (AvgIpc) is 3.50. The highest BCUT2D eigenvalue weighted by Gasteiger charge is 2.51. The van der Waals surface area contributed by atoms with Gasteiger partial charge < -0.3 is 15.7 Å². The Morgan fingerprint density at radius 3 is 2.22 bits per heavy atom. The second-order valence-corrected chi connectivity index (χ2v) is 14.0. The molecular formula is C28H27Cl2N3O6S2. The van der Waals surface area contributed by atoms with E-state index in [9.17, 15) is 27.9 Å². The quantitative estimate of drug-likeness (QED) is 0.301. The van der Waals surface area contributed by atoms with Gasteiger partial charge in [-0.25, -0.2) is 13.2 Å². The number of halogens is 2. The summed E-state index contributed by atoms with van der Waals surface area (Å²) in [5, 5.41) is 17.3. The molecule has 6 rings (SSSR count). The second-order valence-electron chi connectivity index (χ2n) is 10.1.